The third-order valence-electron chi connectivity index (χ3n) is 4.33. The Morgan fingerprint density at radius 2 is 2.10 bits per heavy atom. The molecule has 0 aromatic heterocycles. The average Bonchev–Trinajstić information content (AvgIpc) is 2.80. The van der Waals surface area contributed by atoms with Crippen LogP contribution in [0, 0.1) is 5.41 Å². The summed E-state index contributed by atoms with van der Waals surface area (Å²) in [7, 11) is 0. The van der Waals surface area contributed by atoms with Crippen LogP contribution in [0.4, 0.5) is 0 Å². The maximum Gasteiger partial charge on any atom is 0.0107 e. The van der Waals surface area contributed by atoms with Crippen molar-refractivity contribution in [1.29, 1.82) is 0 Å². The zero-order valence-electron chi connectivity index (χ0n) is 13.4. The highest BCUT2D eigenvalue weighted by Crippen LogP contribution is 2.45. The van der Waals surface area contributed by atoms with Crippen molar-refractivity contribution >= 4 is 11.8 Å². The molecule has 1 nitrogen and oxygen atoms in total. The number of fused-ring (bicyclic) bond motifs is 1. The van der Waals surface area contributed by atoms with Gasteiger partial charge in [-0.15, -0.1) is 11.8 Å². The third-order valence-corrected chi connectivity index (χ3v) is 5.58. The molecule has 0 amide bonds. The predicted molar refractivity (Wildman–Crippen MR) is 90.7 cm³/mol. The predicted octanol–water partition coefficient (Wildman–Crippen LogP) is 5.07. The van der Waals surface area contributed by atoms with Gasteiger partial charge in [-0.3, -0.25) is 0 Å². The van der Waals surface area contributed by atoms with Crippen LogP contribution in [0.25, 0.3) is 0 Å². The summed E-state index contributed by atoms with van der Waals surface area (Å²) < 4.78 is 0. The number of hydrogen-bond acceptors (Lipinski definition) is 2. The van der Waals surface area contributed by atoms with E-state index in [0.29, 0.717) is 11.5 Å². The summed E-state index contributed by atoms with van der Waals surface area (Å²) in [5, 5.41) is 3.66. The van der Waals surface area contributed by atoms with Crippen LogP contribution in [0.1, 0.15) is 58.4 Å². The van der Waals surface area contributed by atoms with E-state index in [2.05, 4.69) is 57.3 Å². The summed E-state index contributed by atoms with van der Waals surface area (Å²) in [4.78, 5) is 1.51. The van der Waals surface area contributed by atoms with E-state index in [0.717, 1.165) is 12.5 Å². The van der Waals surface area contributed by atoms with Crippen LogP contribution in [0.5, 0.6) is 0 Å². The van der Waals surface area contributed by atoms with Crippen LogP contribution in [-0.2, 0) is 0 Å². The molecule has 0 bridgehead atoms. The largest absolute Gasteiger partial charge is 0.314 e. The Hall–Kier alpha value is -0.470. The standard InChI is InChI=1S/C18H29NS/c1-5-10-18(4,13-19-14(2)3)11-15-12-20-17-9-7-6-8-16(15)17/h6-9,14-15,19H,5,10-13H2,1-4H3. The van der Waals surface area contributed by atoms with Crippen molar-refractivity contribution in [3.8, 4) is 0 Å². The average molecular weight is 292 g/mol. The minimum Gasteiger partial charge on any atom is -0.314 e. The Balaban J connectivity index is 2.05. The molecule has 1 aromatic rings. The zero-order valence-corrected chi connectivity index (χ0v) is 14.2. The van der Waals surface area contributed by atoms with Gasteiger partial charge in [0.15, 0.2) is 0 Å². The molecule has 2 heteroatoms. The van der Waals surface area contributed by atoms with Crippen LogP contribution in [0.3, 0.4) is 0 Å². The number of hydrogen-bond donors (Lipinski definition) is 1. The highest BCUT2D eigenvalue weighted by molar-refractivity contribution is 7.99. The lowest BCUT2D eigenvalue weighted by atomic mass is 9.76. The van der Waals surface area contributed by atoms with Gasteiger partial charge < -0.3 is 5.32 Å². The summed E-state index contributed by atoms with van der Waals surface area (Å²) in [6, 6.07) is 9.56. The van der Waals surface area contributed by atoms with Crippen molar-refractivity contribution in [1.82, 2.24) is 5.32 Å². The normalized spacial score (nSPS) is 20.9. The lowest BCUT2D eigenvalue weighted by Crippen LogP contribution is -2.36. The molecule has 1 aromatic carbocycles. The second-order valence-corrected chi connectivity index (χ2v) is 7.91. The summed E-state index contributed by atoms with van der Waals surface area (Å²) in [6.07, 6.45) is 3.90. The first-order chi connectivity index (χ1) is 9.54. The van der Waals surface area contributed by atoms with Crippen LogP contribution in [0.2, 0.25) is 0 Å². The number of rotatable bonds is 7. The van der Waals surface area contributed by atoms with E-state index < -0.39 is 0 Å². The van der Waals surface area contributed by atoms with E-state index in [1.54, 1.807) is 5.56 Å². The molecule has 2 atom stereocenters. The third kappa shape index (κ3) is 4.02. The van der Waals surface area contributed by atoms with E-state index in [-0.39, 0.29) is 0 Å². The van der Waals surface area contributed by atoms with E-state index in [9.17, 15) is 0 Å². The molecule has 2 unspecified atom stereocenters. The minimum absolute atomic E-state index is 0.418. The van der Waals surface area contributed by atoms with Crippen molar-refractivity contribution in [2.45, 2.75) is 63.8 Å². The molecular weight excluding hydrogens is 262 g/mol. The van der Waals surface area contributed by atoms with Crippen molar-refractivity contribution < 1.29 is 0 Å². The van der Waals surface area contributed by atoms with Crippen molar-refractivity contribution in [2.75, 3.05) is 12.3 Å². The Labute approximate surface area is 128 Å². The summed E-state index contributed by atoms with van der Waals surface area (Å²) in [5.74, 6) is 2.00. The maximum absolute atomic E-state index is 3.66. The van der Waals surface area contributed by atoms with Crippen molar-refractivity contribution in [2.24, 2.45) is 5.41 Å². The molecule has 2 rings (SSSR count). The lowest BCUT2D eigenvalue weighted by molar-refractivity contribution is 0.235. The van der Waals surface area contributed by atoms with Gasteiger partial charge in [0.1, 0.15) is 0 Å². The Bertz CT molecular complexity index is 429. The second-order valence-electron chi connectivity index (χ2n) is 6.85. The molecule has 0 saturated carbocycles. The molecule has 1 heterocycles. The first-order valence-electron chi connectivity index (χ1n) is 7.99. The SMILES string of the molecule is CCCC(C)(CNC(C)C)CC1CSc2ccccc21. The molecule has 1 N–H and O–H groups in total. The fourth-order valence-corrected chi connectivity index (χ4v) is 4.56. The van der Waals surface area contributed by atoms with Crippen LogP contribution in [0.15, 0.2) is 29.2 Å². The number of thioether (sulfide) groups is 1. The summed E-state index contributed by atoms with van der Waals surface area (Å²) >= 11 is 2.04. The van der Waals surface area contributed by atoms with Crippen molar-refractivity contribution in [3.63, 3.8) is 0 Å². The molecular formula is C18H29NS. The fraction of sp³-hybridized carbons (Fsp3) is 0.667. The molecule has 0 saturated heterocycles. The molecule has 20 heavy (non-hydrogen) atoms. The zero-order chi connectivity index (χ0) is 14.6. The van der Waals surface area contributed by atoms with Gasteiger partial charge in [0.25, 0.3) is 0 Å². The molecule has 0 aliphatic carbocycles. The van der Waals surface area contributed by atoms with E-state index in [1.165, 1.54) is 29.9 Å². The number of benzene rings is 1. The van der Waals surface area contributed by atoms with Gasteiger partial charge in [0.2, 0.25) is 0 Å². The van der Waals surface area contributed by atoms with Crippen LogP contribution in [-0.4, -0.2) is 18.3 Å². The molecule has 0 radical (unpaired) electrons. The Kier molecular flexibility index (Phi) is 5.57. The van der Waals surface area contributed by atoms with Gasteiger partial charge in [-0.05, 0) is 35.8 Å². The number of nitrogens with one attached hydrogen (secondary N) is 1. The maximum atomic E-state index is 3.66. The van der Waals surface area contributed by atoms with E-state index in [1.807, 2.05) is 11.8 Å². The quantitative estimate of drug-likeness (QED) is 0.752. The molecule has 112 valence electrons. The summed E-state index contributed by atoms with van der Waals surface area (Å²) in [6.45, 7) is 10.4. The van der Waals surface area contributed by atoms with Gasteiger partial charge in [0, 0.05) is 23.2 Å². The monoisotopic (exact) mass is 291 g/mol. The Morgan fingerprint density at radius 1 is 1.35 bits per heavy atom. The fourth-order valence-electron chi connectivity index (χ4n) is 3.31. The topological polar surface area (TPSA) is 12.0 Å². The van der Waals surface area contributed by atoms with Gasteiger partial charge in [-0.1, -0.05) is 52.3 Å². The van der Waals surface area contributed by atoms with E-state index in [4.69, 9.17) is 0 Å². The van der Waals surface area contributed by atoms with Crippen molar-refractivity contribution in [3.05, 3.63) is 29.8 Å². The second kappa shape index (κ2) is 7.00. The first-order valence-corrected chi connectivity index (χ1v) is 8.98. The van der Waals surface area contributed by atoms with Gasteiger partial charge >= 0.3 is 0 Å². The minimum atomic E-state index is 0.418. The van der Waals surface area contributed by atoms with Gasteiger partial charge in [-0.2, -0.15) is 0 Å². The lowest BCUT2D eigenvalue weighted by Gasteiger charge is -2.33. The van der Waals surface area contributed by atoms with Gasteiger partial charge in [-0.25, -0.2) is 0 Å². The van der Waals surface area contributed by atoms with Gasteiger partial charge in [0.05, 0.1) is 0 Å². The molecule has 0 fully saturated rings. The smallest absolute Gasteiger partial charge is 0.0107 e. The van der Waals surface area contributed by atoms with Crippen LogP contribution < -0.4 is 5.32 Å². The summed E-state index contributed by atoms with van der Waals surface area (Å²) in [5.41, 5.74) is 2.01. The molecule has 1 aliphatic rings. The Morgan fingerprint density at radius 3 is 2.80 bits per heavy atom. The van der Waals surface area contributed by atoms with E-state index >= 15 is 0 Å². The highest BCUT2D eigenvalue weighted by atomic mass is 32.2. The first kappa shape index (κ1) is 15.9. The molecule has 0 spiro atoms. The molecule has 1 aliphatic heterocycles. The highest BCUT2D eigenvalue weighted by Gasteiger charge is 2.31. The van der Waals surface area contributed by atoms with Crippen LogP contribution >= 0.6 is 11.8 Å².